The maximum absolute atomic E-state index is 13.6. The summed E-state index contributed by atoms with van der Waals surface area (Å²) in [5.41, 5.74) is 4.08. The van der Waals surface area contributed by atoms with Crippen LogP contribution in [0.4, 0.5) is 0 Å². The highest BCUT2D eigenvalue weighted by Gasteiger charge is 2.23. The lowest BCUT2D eigenvalue weighted by atomic mass is 10.1. The van der Waals surface area contributed by atoms with E-state index in [1.165, 1.54) is 5.56 Å². The maximum atomic E-state index is 13.6. The Morgan fingerprint density at radius 3 is 2.76 bits per heavy atom. The number of methoxy groups -OCH3 is 1. The Morgan fingerprint density at radius 2 is 1.97 bits per heavy atom. The summed E-state index contributed by atoms with van der Waals surface area (Å²) in [5, 5.41) is 13.3. The number of carbonyl (C=O) groups is 1. The Morgan fingerprint density at radius 1 is 1.09 bits per heavy atom. The lowest BCUT2D eigenvalue weighted by Gasteiger charge is -2.23. The van der Waals surface area contributed by atoms with Gasteiger partial charge in [-0.1, -0.05) is 25.1 Å². The van der Waals surface area contributed by atoms with Crippen LogP contribution >= 0.6 is 0 Å². The zero-order chi connectivity index (χ0) is 22.8. The van der Waals surface area contributed by atoms with Gasteiger partial charge in [0.05, 0.1) is 37.5 Å². The van der Waals surface area contributed by atoms with E-state index >= 15 is 0 Å². The molecule has 2 aromatic carbocycles. The average Bonchev–Trinajstić information content (AvgIpc) is 3.55. The normalized spacial score (nSPS) is 11.2. The molecular formula is C25H23N5O3. The number of hydrogen-bond acceptors (Lipinski definition) is 6. The van der Waals surface area contributed by atoms with E-state index in [9.17, 15) is 4.79 Å². The molecule has 0 radical (unpaired) electrons. The van der Waals surface area contributed by atoms with Crippen molar-refractivity contribution in [3.05, 3.63) is 89.4 Å². The van der Waals surface area contributed by atoms with Crippen molar-refractivity contribution < 1.29 is 13.9 Å². The molecule has 5 rings (SSSR count). The highest BCUT2D eigenvalue weighted by Crippen LogP contribution is 2.25. The summed E-state index contributed by atoms with van der Waals surface area (Å²) in [7, 11) is 1.56. The van der Waals surface area contributed by atoms with E-state index in [0.29, 0.717) is 35.8 Å². The van der Waals surface area contributed by atoms with Gasteiger partial charge in [-0.05, 0) is 64.9 Å². The zero-order valence-electron chi connectivity index (χ0n) is 18.4. The predicted octanol–water partition coefficient (Wildman–Crippen LogP) is 4.28. The number of aromatic nitrogens is 4. The fraction of sp³-hybridized carbons (Fsp3) is 0.200. The first-order valence-corrected chi connectivity index (χ1v) is 10.7. The van der Waals surface area contributed by atoms with E-state index in [0.717, 1.165) is 22.9 Å². The molecule has 166 valence electrons. The van der Waals surface area contributed by atoms with Crippen LogP contribution in [0.2, 0.25) is 0 Å². The Labute approximate surface area is 190 Å². The van der Waals surface area contributed by atoms with Crippen LogP contribution in [-0.2, 0) is 19.5 Å². The van der Waals surface area contributed by atoms with Crippen molar-refractivity contribution in [1.29, 1.82) is 0 Å². The molecule has 0 spiro atoms. The van der Waals surface area contributed by atoms with E-state index < -0.39 is 0 Å². The molecule has 0 aliphatic heterocycles. The van der Waals surface area contributed by atoms with Crippen LogP contribution in [0.3, 0.4) is 0 Å². The summed E-state index contributed by atoms with van der Waals surface area (Å²) >= 11 is 0. The van der Waals surface area contributed by atoms with Crippen LogP contribution in [0.1, 0.15) is 34.2 Å². The molecule has 33 heavy (non-hydrogen) atoms. The quantitative estimate of drug-likeness (QED) is 0.375. The first kappa shape index (κ1) is 20.7. The monoisotopic (exact) mass is 441 g/mol. The second kappa shape index (κ2) is 8.74. The summed E-state index contributed by atoms with van der Waals surface area (Å²) in [5.74, 6) is 1.03. The Hall–Kier alpha value is -4.20. The molecule has 0 unspecified atom stereocenters. The average molecular weight is 441 g/mol. The first-order chi connectivity index (χ1) is 16.2. The minimum Gasteiger partial charge on any atom is -0.496 e. The van der Waals surface area contributed by atoms with E-state index in [1.807, 2.05) is 30.3 Å². The van der Waals surface area contributed by atoms with Crippen LogP contribution in [-0.4, -0.2) is 38.0 Å². The molecule has 3 heterocycles. The molecule has 8 heteroatoms. The lowest BCUT2D eigenvalue weighted by molar-refractivity contribution is 0.0715. The Bertz CT molecular complexity index is 1430. The van der Waals surface area contributed by atoms with E-state index in [2.05, 4.69) is 40.6 Å². The van der Waals surface area contributed by atoms with Crippen molar-refractivity contribution in [2.75, 3.05) is 7.11 Å². The topological polar surface area (TPSA) is 85.8 Å². The van der Waals surface area contributed by atoms with Gasteiger partial charge in [0.25, 0.3) is 5.91 Å². The van der Waals surface area contributed by atoms with Crippen LogP contribution < -0.4 is 4.74 Å². The molecule has 0 saturated heterocycles. The third kappa shape index (κ3) is 3.91. The molecule has 0 fully saturated rings. The first-order valence-electron chi connectivity index (χ1n) is 10.7. The summed E-state index contributed by atoms with van der Waals surface area (Å²) in [6, 6.07) is 19.2. The fourth-order valence-corrected chi connectivity index (χ4v) is 4.04. The molecule has 0 saturated carbocycles. The standard InChI is InChI=1S/C25H23N5O3/c1-3-17-10-11-22-18(13-17)14-19(24-26-27-28-30(22)24)15-29(16-20-7-6-12-33-20)25(31)21-8-4-5-9-23(21)32-2/h4-14H,3,15-16H2,1-2H3. The number of ether oxygens (including phenoxy) is 1. The Kier molecular flexibility index (Phi) is 5.48. The van der Waals surface area contributed by atoms with Gasteiger partial charge in [-0.25, -0.2) is 0 Å². The highest BCUT2D eigenvalue weighted by atomic mass is 16.5. The molecule has 0 N–H and O–H groups in total. The number of pyridine rings is 1. The van der Waals surface area contributed by atoms with Crippen LogP contribution in [0.15, 0.2) is 71.3 Å². The van der Waals surface area contributed by atoms with Gasteiger partial charge in [-0.15, -0.1) is 5.10 Å². The second-order valence-electron chi connectivity index (χ2n) is 7.77. The lowest BCUT2D eigenvalue weighted by Crippen LogP contribution is -2.30. The molecule has 0 atom stereocenters. The van der Waals surface area contributed by atoms with Crippen molar-refractivity contribution in [2.24, 2.45) is 0 Å². The number of carbonyl (C=O) groups excluding carboxylic acids is 1. The van der Waals surface area contributed by atoms with Gasteiger partial charge in [0.2, 0.25) is 0 Å². The van der Waals surface area contributed by atoms with Crippen molar-refractivity contribution in [3.8, 4) is 5.75 Å². The molecule has 0 aliphatic carbocycles. The number of nitrogens with zero attached hydrogens (tertiary/aromatic N) is 5. The number of amides is 1. The van der Waals surface area contributed by atoms with Gasteiger partial charge in [0.1, 0.15) is 11.5 Å². The van der Waals surface area contributed by atoms with Crippen LogP contribution in [0.5, 0.6) is 5.75 Å². The second-order valence-corrected chi connectivity index (χ2v) is 7.77. The van der Waals surface area contributed by atoms with Gasteiger partial charge in [-0.3, -0.25) is 4.79 Å². The number of aryl methyl sites for hydroxylation is 1. The van der Waals surface area contributed by atoms with E-state index in [4.69, 9.17) is 9.15 Å². The SMILES string of the molecule is CCc1ccc2c(c1)cc(CN(Cc1ccco1)C(=O)c1ccccc1OC)c1nnnn12. The number of benzene rings is 2. The van der Waals surface area contributed by atoms with Gasteiger partial charge in [0.15, 0.2) is 5.65 Å². The number of rotatable bonds is 7. The van der Waals surface area contributed by atoms with Crippen molar-refractivity contribution in [3.63, 3.8) is 0 Å². The van der Waals surface area contributed by atoms with Crippen molar-refractivity contribution in [1.82, 2.24) is 24.9 Å². The number of fused-ring (bicyclic) bond motifs is 3. The molecule has 0 bridgehead atoms. The van der Waals surface area contributed by atoms with Gasteiger partial charge < -0.3 is 14.1 Å². The van der Waals surface area contributed by atoms with Crippen molar-refractivity contribution in [2.45, 2.75) is 26.4 Å². The number of tetrazole rings is 1. The fourth-order valence-electron chi connectivity index (χ4n) is 4.04. The molecule has 3 aromatic heterocycles. The summed E-state index contributed by atoms with van der Waals surface area (Å²) in [4.78, 5) is 15.4. The number of furan rings is 1. The van der Waals surface area contributed by atoms with Crippen LogP contribution in [0, 0.1) is 0 Å². The molecule has 5 aromatic rings. The minimum atomic E-state index is -0.170. The summed E-state index contributed by atoms with van der Waals surface area (Å²) < 4.78 is 12.7. The Balaban J connectivity index is 1.60. The van der Waals surface area contributed by atoms with Gasteiger partial charge in [-0.2, -0.15) is 4.52 Å². The predicted molar refractivity (Wildman–Crippen MR) is 123 cm³/mol. The number of hydrogen-bond donors (Lipinski definition) is 0. The largest absolute Gasteiger partial charge is 0.496 e. The molecular weight excluding hydrogens is 418 g/mol. The van der Waals surface area contributed by atoms with E-state index in [-0.39, 0.29) is 5.91 Å². The zero-order valence-corrected chi connectivity index (χ0v) is 18.4. The maximum Gasteiger partial charge on any atom is 0.258 e. The molecule has 8 nitrogen and oxygen atoms in total. The van der Waals surface area contributed by atoms with Gasteiger partial charge >= 0.3 is 0 Å². The minimum absolute atomic E-state index is 0.170. The number of para-hydroxylation sites is 1. The molecule has 0 aliphatic rings. The van der Waals surface area contributed by atoms with E-state index in [1.54, 1.807) is 34.9 Å². The smallest absolute Gasteiger partial charge is 0.258 e. The third-order valence-corrected chi connectivity index (χ3v) is 5.73. The summed E-state index contributed by atoms with van der Waals surface area (Å²) in [6.07, 6.45) is 2.53. The van der Waals surface area contributed by atoms with Crippen LogP contribution in [0.25, 0.3) is 16.6 Å². The van der Waals surface area contributed by atoms with Gasteiger partial charge in [0, 0.05) is 10.9 Å². The highest BCUT2D eigenvalue weighted by molar-refractivity contribution is 5.97. The molecule has 1 amide bonds. The van der Waals surface area contributed by atoms with Crippen molar-refractivity contribution >= 4 is 22.5 Å². The summed E-state index contributed by atoms with van der Waals surface area (Å²) in [6.45, 7) is 2.72. The third-order valence-electron chi connectivity index (χ3n) is 5.73.